The molecule has 1 N–H and O–H groups in total. The average Bonchev–Trinajstić information content (AvgIpc) is 3.09. The van der Waals surface area contributed by atoms with Gasteiger partial charge in [-0.2, -0.15) is 9.61 Å². The fourth-order valence-electron chi connectivity index (χ4n) is 3.05. The molecule has 0 aliphatic heterocycles. The van der Waals surface area contributed by atoms with E-state index in [1.807, 2.05) is 11.9 Å². The molecular weight excluding hydrogens is 286 g/mol. The summed E-state index contributed by atoms with van der Waals surface area (Å²) in [5, 5.41) is 14.7. The number of thiophene rings is 1. The first-order valence-electron chi connectivity index (χ1n) is 7.25. The fraction of sp³-hybridized carbons (Fsp3) is 0.500. The van der Waals surface area contributed by atoms with Crippen LogP contribution in [0.1, 0.15) is 23.3 Å². The molecule has 0 saturated carbocycles. The van der Waals surface area contributed by atoms with Gasteiger partial charge in [0, 0.05) is 18.5 Å². The van der Waals surface area contributed by atoms with Crippen LogP contribution in [0.25, 0.3) is 15.9 Å². The van der Waals surface area contributed by atoms with Gasteiger partial charge in [-0.05, 0) is 31.2 Å². The van der Waals surface area contributed by atoms with Crippen molar-refractivity contribution in [2.45, 2.75) is 25.7 Å². The molecule has 0 fully saturated rings. The van der Waals surface area contributed by atoms with Crippen molar-refractivity contribution in [1.29, 1.82) is 0 Å². The van der Waals surface area contributed by atoms with Crippen LogP contribution in [0, 0.1) is 0 Å². The third-order valence-corrected chi connectivity index (χ3v) is 5.28. The number of aromatic nitrogens is 4. The Morgan fingerprint density at radius 2 is 2.24 bits per heavy atom. The number of hydrogen-bond donors (Lipinski definition) is 1. The Labute approximate surface area is 126 Å². The highest BCUT2D eigenvalue weighted by molar-refractivity contribution is 7.19. The maximum Gasteiger partial charge on any atom is 0.229 e. The first-order chi connectivity index (χ1) is 10.3. The molecule has 1 aliphatic rings. The van der Waals surface area contributed by atoms with Gasteiger partial charge in [0.2, 0.25) is 5.95 Å². The average molecular weight is 303 g/mol. The Kier molecular flexibility index (Phi) is 3.04. The molecule has 0 unspecified atom stereocenters. The van der Waals surface area contributed by atoms with E-state index in [-0.39, 0.29) is 6.61 Å². The summed E-state index contributed by atoms with van der Waals surface area (Å²) < 4.78 is 1.79. The molecule has 3 heterocycles. The van der Waals surface area contributed by atoms with E-state index >= 15 is 0 Å². The molecule has 3 aromatic rings. The van der Waals surface area contributed by atoms with Crippen LogP contribution in [0.5, 0.6) is 0 Å². The van der Waals surface area contributed by atoms with Crippen LogP contribution in [0.3, 0.4) is 0 Å². The molecule has 0 saturated heterocycles. The largest absolute Gasteiger partial charge is 0.395 e. The van der Waals surface area contributed by atoms with Crippen molar-refractivity contribution in [3.8, 4) is 0 Å². The quantitative estimate of drug-likeness (QED) is 0.797. The molecule has 0 atom stereocenters. The lowest BCUT2D eigenvalue weighted by Crippen LogP contribution is -2.25. The van der Waals surface area contributed by atoms with Crippen molar-refractivity contribution in [2.24, 2.45) is 0 Å². The zero-order valence-corrected chi connectivity index (χ0v) is 12.7. The Balaban J connectivity index is 2.01. The van der Waals surface area contributed by atoms with E-state index in [9.17, 15) is 0 Å². The van der Waals surface area contributed by atoms with Crippen molar-refractivity contribution >= 4 is 33.1 Å². The lowest BCUT2D eigenvalue weighted by molar-refractivity contribution is 0.303. The smallest absolute Gasteiger partial charge is 0.229 e. The third-order valence-electron chi connectivity index (χ3n) is 4.09. The van der Waals surface area contributed by atoms with E-state index in [2.05, 4.69) is 10.1 Å². The van der Waals surface area contributed by atoms with Crippen LogP contribution in [0.4, 0.5) is 5.95 Å². The molecule has 21 heavy (non-hydrogen) atoms. The van der Waals surface area contributed by atoms with Gasteiger partial charge in [0.15, 0.2) is 5.65 Å². The first kappa shape index (κ1) is 13.0. The highest BCUT2D eigenvalue weighted by Gasteiger charge is 2.22. The van der Waals surface area contributed by atoms with Gasteiger partial charge in [-0.1, -0.05) is 0 Å². The second-order valence-electron chi connectivity index (χ2n) is 5.44. The summed E-state index contributed by atoms with van der Waals surface area (Å²) in [7, 11) is 1.92. The Bertz CT molecular complexity index is 809. The van der Waals surface area contributed by atoms with Crippen molar-refractivity contribution < 1.29 is 5.11 Å². The van der Waals surface area contributed by atoms with Gasteiger partial charge in [0.1, 0.15) is 11.2 Å². The van der Waals surface area contributed by atoms with Gasteiger partial charge in [-0.15, -0.1) is 11.3 Å². The van der Waals surface area contributed by atoms with Gasteiger partial charge >= 0.3 is 0 Å². The number of fused-ring (bicyclic) bond motifs is 5. The zero-order chi connectivity index (χ0) is 14.4. The van der Waals surface area contributed by atoms with Crippen molar-refractivity contribution in [1.82, 2.24) is 19.6 Å². The molecule has 0 radical (unpaired) electrons. The predicted molar refractivity (Wildman–Crippen MR) is 83.2 cm³/mol. The van der Waals surface area contributed by atoms with Gasteiger partial charge in [-0.25, -0.2) is 9.97 Å². The molecule has 110 valence electrons. The SMILES string of the molecule is CN(CCO)c1nc2sc3c(c2c2ncnn12)CCCC3. The predicted octanol–water partition coefficient (Wildman–Crippen LogP) is 1.65. The third kappa shape index (κ3) is 1.91. The van der Waals surface area contributed by atoms with E-state index in [4.69, 9.17) is 10.1 Å². The molecule has 1 aliphatic carbocycles. The van der Waals surface area contributed by atoms with Crippen LogP contribution in [0.15, 0.2) is 6.33 Å². The van der Waals surface area contributed by atoms with Gasteiger partial charge in [-0.3, -0.25) is 0 Å². The fourth-order valence-corrected chi connectivity index (χ4v) is 4.31. The van der Waals surface area contributed by atoms with Crippen LogP contribution in [-0.2, 0) is 12.8 Å². The van der Waals surface area contributed by atoms with Crippen LogP contribution < -0.4 is 4.90 Å². The number of nitrogens with zero attached hydrogens (tertiary/aromatic N) is 5. The Morgan fingerprint density at radius 1 is 1.38 bits per heavy atom. The van der Waals surface area contributed by atoms with E-state index in [0.717, 1.165) is 29.3 Å². The van der Waals surface area contributed by atoms with Crippen LogP contribution >= 0.6 is 11.3 Å². The monoisotopic (exact) mass is 303 g/mol. The highest BCUT2D eigenvalue weighted by Crippen LogP contribution is 2.38. The lowest BCUT2D eigenvalue weighted by atomic mass is 9.97. The standard InChI is InChI=1S/C14H17N5OS/c1-18(6-7-20)14-17-13-11(12-15-8-16-19(12)14)9-4-2-3-5-10(9)21-13/h8,20H,2-7H2,1H3. The van der Waals surface area contributed by atoms with E-state index < -0.39 is 0 Å². The number of aliphatic hydroxyl groups excluding tert-OH is 1. The summed E-state index contributed by atoms with van der Waals surface area (Å²) in [5.74, 6) is 0.739. The van der Waals surface area contributed by atoms with Gasteiger partial charge < -0.3 is 10.0 Å². The number of likely N-dealkylation sites (N-methyl/N-ethyl adjacent to an activating group) is 1. The summed E-state index contributed by atoms with van der Waals surface area (Å²) in [5.41, 5.74) is 2.31. The first-order valence-corrected chi connectivity index (χ1v) is 8.07. The molecule has 0 aromatic carbocycles. The van der Waals surface area contributed by atoms with E-state index in [0.29, 0.717) is 6.54 Å². The van der Waals surface area contributed by atoms with Crippen molar-refractivity contribution in [3.05, 3.63) is 16.8 Å². The van der Waals surface area contributed by atoms with E-state index in [1.165, 1.54) is 28.7 Å². The second kappa shape index (κ2) is 4.92. The van der Waals surface area contributed by atoms with E-state index in [1.54, 1.807) is 22.2 Å². The lowest BCUT2D eigenvalue weighted by Gasteiger charge is -2.17. The molecular formula is C14H17N5OS. The summed E-state index contributed by atoms with van der Waals surface area (Å²) in [6.07, 6.45) is 6.36. The van der Waals surface area contributed by atoms with Crippen molar-refractivity contribution in [3.63, 3.8) is 0 Å². The Hall–Kier alpha value is -1.73. The normalized spacial score (nSPS) is 14.8. The topological polar surface area (TPSA) is 66.5 Å². The maximum atomic E-state index is 9.15. The summed E-state index contributed by atoms with van der Waals surface area (Å²) in [6, 6.07) is 0. The number of anilines is 1. The molecule has 4 rings (SSSR count). The molecule has 3 aromatic heterocycles. The minimum atomic E-state index is 0.0906. The summed E-state index contributed by atoms with van der Waals surface area (Å²) >= 11 is 1.79. The highest BCUT2D eigenvalue weighted by atomic mass is 32.1. The molecule has 6 nitrogen and oxygen atoms in total. The minimum absolute atomic E-state index is 0.0906. The van der Waals surface area contributed by atoms with Crippen LogP contribution in [0.2, 0.25) is 0 Å². The molecule has 0 amide bonds. The molecule has 0 bridgehead atoms. The molecule has 7 heteroatoms. The Morgan fingerprint density at radius 3 is 3.10 bits per heavy atom. The van der Waals surface area contributed by atoms with Crippen molar-refractivity contribution in [2.75, 3.05) is 25.1 Å². The minimum Gasteiger partial charge on any atom is -0.395 e. The van der Waals surface area contributed by atoms with Gasteiger partial charge in [0.25, 0.3) is 0 Å². The number of rotatable bonds is 3. The molecule has 0 spiro atoms. The van der Waals surface area contributed by atoms with Gasteiger partial charge in [0.05, 0.1) is 12.0 Å². The zero-order valence-electron chi connectivity index (χ0n) is 11.9. The second-order valence-corrected chi connectivity index (χ2v) is 6.53. The summed E-state index contributed by atoms with van der Waals surface area (Å²) in [6.45, 7) is 0.617. The number of hydrogen-bond acceptors (Lipinski definition) is 6. The van der Waals surface area contributed by atoms with Crippen LogP contribution in [-0.4, -0.2) is 44.9 Å². The maximum absolute atomic E-state index is 9.15. The summed E-state index contributed by atoms with van der Waals surface area (Å²) in [4.78, 5) is 13.7. The number of aryl methyl sites for hydroxylation is 2. The number of aliphatic hydroxyl groups is 1.